The Hall–Kier alpha value is -12.8. The van der Waals surface area contributed by atoms with Crippen molar-refractivity contribution in [2.45, 2.75) is 44.9 Å². The van der Waals surface area contributed by atoms with Crippen molar-refractivity contribution in [1.82, 2.24) is 34.5 Å². The van der Waals surface area contributed by atoms with E-state index in [0.29, 0.717) is 5.95 Å². The molecule has 0 amide bonds. The van der Waals surface area contributed by atoms with Crippen LogP contribution in [0.2, 0.25) is 5.28 Å². The van der Waals surface area contributed by atoms with E-state index in [1.54, 1.807) is 0 Å². The Kier molecular flexibility index (Phi) is 14.3. The molecule has 5 aromatic heterocycles. The minimum absolute atomic E-state index is 0.0500. The highest BCUT2D eigenvalue weighted by Gasteiger charge is 2.40. The zero-order valence-electron chi connectivity index (χ0n) is 58.2. The zero-order valence-corrected chi connectivity index (χ0v) is 59.0. The molecule has 0 radical (unpaired) electrons. The molecular formula is C97H66ClN7. The van der Waals surface area contributed by atoms with Crippen LogP contribution in [0.3, 0.4) is 0 Å². The van der Waals surface area contributed by atoms with Gasteiger partial charge in [-0.25, -0.2) is 24.9 Å². The molecule has 496 valence electrons. The normalized spacial score (nSPS) is 13.3. The van der Waals surface area contributed by atoms with Gasteiger partial charge in [-0.05, 0) is 211 Å². The first-order valence-corrected chi connectivity index (χ1v) is 36.3. The maximum absolute atomic E-state index is 6.03. The van der Waals surface area contributed by atoms with Gasteiger partial charge in [-0.1, -0.05) is 252 Å². The van der Waals surface area contributed by atoms with Gasteiger partial charge in [0.1, 0.15) is 5.65 Å². The standard InChI is InChI=1S/C48H32N4.C33H23N.C16H11ClN2/c1-48(2)41-25-37-34-21-12-10-19-32(34)31-18-9-11-20-33(31)36(37)24-38(41)39-27-45-40(26-42(39)48)35-22-13-23-49-46(35)52(45)47-50-43(29-14-5-3-6-15-29)28-44(51-47)30-16-7-4-8-17-30;1-33(2)30-17-25-19(15-32-24(25)12-7-13-34-32)14-28(30)29-16-26-22-10-5-3-8-20(22)21-9-4-6-11-23(21)27(26)18-31(29)33;17-16-18-14(12-7-3-1-4-8-12)11-15(19-16)13-9-5-2-6-10-13/h3-28H,1-2H3;3-14,16-18H,15H2,1-2H3;1-11H. The van der Waals surface area contributed by atoms with Crippen molar-refractivity contribution < 1.29 is 0 Å². The van der Waals surface area contributed by atoms with Crippen molar-refractivity contribution in [3.05, 3.63) is 355 Å². The minimum Gasteiger partial charge on any atom is -0.262 e. The summed E-state index contributed by atoms with van der Waals surface area (Å²) in [6.45, 7) is 9.51. The maximum Gasteiger partial charge on any atom is 0.237 e. The fourth-order valence-corrected chi connectivity index (χ4v) is 17.5. The molecule has 3 aliphatic rings. The highest BCUT2D eigenvalue weighted by molar-refractivity contribution is 6.29. The van der Waals surface area contributed by atoms with E-state index < -0.39 is 0 Å². The summed E-state index contributed by atoms with van der Waals surface area (Å²) in [5.41, 5.74) is 25.3. The van der Waals surface area contributed by atoms with Gasteiger partial charge in [-0.15, -0.1) is 0 Å². The quantitative estimate of drug-likeness (QED) is 0.126. The summed E-state index contributed by atoms with van der Waals surface area (Å²) < 4.78 is 2.17. The van der Waals surface area contributed by atoms with Crippen molar-refractivity contribution >= 4 is 98.2 Å². The maximum atomic E-state index is 6.03. The summed E-state index contributed by atoms with van der Waals surface area (Å²) in [4.78, 5) is 28.7. The van der Waals surface area contributed by atoms with Crippen molar-refractivity contribution in [2.24, 2.45) is 0 Å². The smallest absolute Gasteiger partial charge is 0.237 e. The molecule has 0 spiro atoms. The van der Waals surface area contributed by atoms with E-state index in [0.717, 1.165) is 73.4 Å². The summed E-state index contributed by atoms with van der Waals surface area (Å²) >= 11 is 6.03. The van der Waals surface area contributed by atoms with Gasteiger partial charge in [0.25, 0.3) is 0 Å². The Labute approximate surface area is 612 Å². The molecule has 8 heteroatoms. The van der Waals surface area contributed by atoms with Gasteiger partial charge < -0.3 is 0 Å². The third kappa shape index (κ3) is 10.0. The molecule has 0 saturated carbocycles. The Morgan fingerprint density at radius 1 is 0.286 bits per heavy atom. The van der Waals surface area contributed by atoms with E-state index >= 15 is 0 Å². The SMILES string of the molecule is CC1(C)c2cc3c(cc2-c2cc4c5ccccc5c5ccccc5c4cc21)Cc1ncccc1-3.CC1(C)c2cc3c4ccccc4c4ccccc4c3cc2-c2cc3c(cc21)c1cccnc1n3-c1nc(-c2ccccc2)cc(-c2ccccc2)n1.Clc1nc(-c2ccccc2)cc(-c2ccccc2)n1. The number of aromatic nitrogens is 7. The van der Waals surface area contributed by atoms with Gasteiger partial charge in [-0.3, -0.25) is 9.55 Å². The lowest BCUT2D eigenvalue weighted by molar-refractivity contribution is 0.661. The molecule has 5 heterocycles. The van der Waals surface area contributed by atoms with Crippen LogP contribution in [0.1, 0.15) is 61.2 Å². The first kappa shape index (κ1) is 62.0. The number of nitrogens with zero attached hydrogens (tertiary/aromatic N) is 7. The van der Waals surface area contributed by atoms with Crippen LogP contribution in [0.15, 0.2) is 316 Å². The molecule has 0 aliphatic heterocycles. The van der Waals surface area contributed by atoms with Crippen LogP contribution < -0.4 is 0 Å². The van der Waals surface area contributed by atoms with Gasteiger partial charge in [0.05, 0.1) is 34.0 Å². The fourth-order valence-electron chi connectivity index (χ4n) is 17.3. The molecule has 19 aromatic rings. The molecule has 0 atom stereocenters. The third-order valence-corrected chi connectivity index (χ3v) is 22.5. The lowest BCUT2D eigenvalue weighted by atomic mass is 9.80. The minimum atomic E-state index is -0.208. The van der Waals surface area contributed by atoms with E-state index in [1.165, 1.54) is 132 Å². The highest BCUT2D eigenvalue weighted by Crippen LogP contribution is 2.56. The average molecular weight is 1370 g/mol. The largest absolute Gasteiger partial charge is 0.262 e. The lowest BCUT2D eigenvalue weighted by Gasteiger charge is -2.23. The summed E-state index contributed by atoms with van der Waals surface area (Å²) in [5.74, 6) is 0.604. The summed E-state index contributed by atoms with van der Waals surface area (Å²) in [6.07, 6.45) is 4.71. The molecule has 0 N–H and O–H groups in total. The number of benzene rings is 14. The highest BCUT2D eigenvalue weighted by atomic mass is 35.5. The number of hydrogen-bond donors (Lipinski definition) is 0. The molecule has 7 nitrogen and oxygen atoms in total. The van der Waals surface area contributed by atoms with Crippen LogP contribution in [-0.4, -0.2) is 34.5 Å². The molecule has 0 unspecified atom stereocenters. The second-order valence-corrected chi connectivity index (χ2v) is 29.3. The van der Waals surface area contributed by atoms with Gasteiger partial charge in [0.15, 0.2) is 0 Å². The fraction of sp³-hybridized carbons (Fsp3) is 0.0722. The lowest BCUT2D eigenvalue weighted by Crippen LogP contribution is -2.15. The Morgan fingerprint density at radius 2 is 0.629 bits per heavy atom. The first-order valence-electron chi connectivity index (χ1n) is 36.0. The van der Waals surface area contributed by atoms with Gasteiger partial charge in [-0.2, -0.15) is 0 Å². The Morgan fingerprint density at radius 3 is 1.08 bits per heavy atom. The zero-order chi connectivity index (χ0) is 70.2. The molecule has 14 aromatic carbocycles. The number of halogens is 1. The average Bonchev–Trinajstić information content (AvgIpc) is 1.63. The molecule has 3 aliphatic carbocycles. The molecule has 0 bridgehead atoms. The summed E-state index contributed by atoms with van der Waals surface area (Å²) in [5, 5.41) is 18.3. The summed E-state index contributed by atoms with van der Waals surface area (Å²) in [6, 6.07) is 108. The Balaban J connectivity index is 0.000000118. The van der Waals surface area contributed by atoms with Crippen molar-refractivity contribution in [2.75, 3.05) is 0 Å². The number of pyridine rings is 2. The Bertz CT molecular complexity index is 6690. The molecule has 22 rings (SSSR count). The molecular weight excluding hydrogens is 1300 g/mol. The van der Waals surface area contributed by atoms with E-state index in [1.807, 2.05) is 97.3 Å². The van der Waals surface area contributed by atoms with Gasteiger partial charge in [0, 0.05) is 68.2 Å². The van der Waals surface area contributed by atoms with Crippen LogP contribution in [0.25, 0.3) is 171 Å². The van der Waals surface area contributed by atoms with Crippen molar-refractivity contribution in [3.63, 3.8) is 0 Å². The van der Waals surface area contributed by atoms with Gasteiger partial charge in [0.2, 0.25) is 11.2 Å². The third-order valence-electron chi connectivity index (χ3n) is 22.4. The van der Waals surface area contributed by atoms with Crippen LogP contribution in [0, 0.1) is 0 Å². The number of hydrogen-bond acceptors (Lipinski definition) is 6. The topological polar surface area (TPSA) is 82.3 Å². The van der Waals surface area contributed by atoms with Crippen LogP contribution in [0.4, 0.5) is 0 Å². The van der Waals surface area contributed by atoms with E-state index in [9.17, 15) is 0 Å². The predicted molar refractivity (Wildman–Crippen MR) is 436 cm³/mol. The summed E-state index contributed by atoms with van der Waals surface area (Å²) in [7, 11) is 0. The van der Waals surface area contributed by atoms with Crippen LogP contribution in [-0.2, 0) is 17.3 Å². The number of rotatable bonds is 5. The molecule has 0 saturated heterocycles. The second kappa shape index (κ2) is 24.2. The second-order valence-electron chi connectivity index (χ2n) is 29.0. The van der Waals surface area contributed by atoms with E-state index in [-0.39, 0.29) is 16.1 Å². The number of fused-ring (bicyclic) bond motifs is 24. The first-order chi connectivity index (χ1) is 51.5. The van der Waals surface area contributed by atoms with Crippen molar-refractivity contribution in [3.8, 4) is 84.4 Å². The van der Waals surface area contributed by atoms with E-state index in [2.05, 4.69) is 266 Å². The molecule has 0 fully saturated rings. The van der Waals surface area contributed by atoms with Crippen molar-refractivity contribution in [1.29, 1.82) is 0 Å². The molecule has 105 heavy (non-hydrogen) atoms. The van der Waals surface area contributed by atoms with Gasteiger partial charge >= 0.3 is 0 Å². The van der Waals surface area contributed by atoms with Crippen LogP contribution >= 0.6 is 11.6 Å². The predicted octanol–water partition coefficient (Wildman–Crippen LogP) is 25.0. The van der Waals surface area contributed by atoms with E-state index in [4.69, 9.17) is 26.6 Å². The van der Waals surface area contributed by atoms with Crippen LogP contribution in [0.5, 0.6) is 0 Å². The monoisotopic (exact) mass is 1360 g/mol.